The van der Waals surface area contributed by atoms with Gasteiger partial charge >= 0.3 is 0 Å². The maximum atomic E-state index is 12.3. The molecule has 0 saturated carbocycles. The molecular weight excluding hydrogens is 240 g/mol. The molecule has 0 bridgehead atoms. The van der Waals surface area contributed by atoms with Crippen LogP contribution in [0.4, 0.5) is 17.1 Å². The molecule has 2 aliphatic heterocycles. The van der Waals surface area contributed by atoms with Crippen LogP contribution in [0.1, 0.15) is 6.42 Å². The molecule has 3 rings (SSSR count). The molecule has 100 valence electrons. The Morgan fingerprint density at radius 1 is 1.47 bits per heavy atom. The molecular formula is C14H18N4O. The van der Waals surface area contributed by atoms with Gasteiger partial charge in [-0.3, -0.25) is 9.79 Å². The highest BCUT2D eigenvalue weighted by atomic mass is 16.2. The molecule has 1 unspecified atom stereocenters. The Morgan fingerprint density at radius 2 is 2.37 bits per heavy atom. The van der Waals surface area contributed by atoms with Crippen molar-refractivity contribution in [1.82, 2.24) is 5.32 Å². The van der Waals surface area contributed by atoms with E-state index < -0.39 is 0 Å². The number of nitrogens with zero attached hydrogens (tertiary/aromatic N) is 2. The number of nitrogens with one attached hydrogen (secondary N) is 2. The number of rotatable bonds is 2. The second-order valence-electron chi connectivity index (χ2n) is 4.98. The number of benzene rings is 1. The van der Waals surface area contributed by atoms with E-state index in [0.29, 0.717) is 0 Å². The number of fused-ring (bicyclic) bond motifs is 1. The second kappa shape index (κ2) is 5.01. The highest BCUT2D eigenvalue weighted by Crippen LogP contribution is 2.31. The summed E-state index contributed by atoms with van der Waals surface area (Å²) in [5.74, 6) is 0.278. The first kappa shape index (κ1) is 12.2. The van der Waals surface area contributed by atoms with Crippen molar-refractivity contribution in [3.05, 3.63) is 18.2 Å². The van der Waals surface area contributed by atoms with Crippen LogP contribution in [0.25, 0.3) is 0 Å². The van der Waals surface area contributed by atoms with Crippen LogP contribution >= 0.6 is 0 Å². The number of hydrogen-bond acceptors (Lipinski definition) is 4. The van der Waals surface area contributed by atoms with E-state index in [0.717, 1.165) is 43.1 Å². The minimum Gasteiger partial charge on any atom is -0.378 e. The summed E-state index contributed by atoms with van der Waals surface area (Å²) >= 11 is 0. The molecule has 2 N–H and O–H groups in total. The van der Waals surface area contributed by atoms with E-state index in [-0.39, 0.29) is 11.8 Å². The molecule has 2 heterocycles. The van der Waals surface area contributed by atoms with E-state index in [4.69, 9.17) is 0 Å². The summed E-state index contributed by atoms with van der Waals surface area (Å²) in [6.45, 7) is 2.48. The average Bonchev–Trinajstić information content (AvgIpc) is 2.99. The Balaban J connectivity index is 1.81. The third-order valence-electron chi connectivity index (χ3n) is 3.72. The van der Waals surface area contributed by atoms with Gasteiger partial charge in [0.05, 0.1) is 23.8 Å². The Hall–Kier alpha value is -1.88. The van der Waals surface area contributed by atoms with Gasteiger partial charge in [0.1, 0.15) is 0 Å². The molecule has 0 aliphatic carbocycles. The van der Waals surface area contributed by atoms with Crippen LogP contribution < -0.4 is 15.5 Å². The van der Waals surface area contributed by atoms with Gasteiger partial charge in [-0.05, 0) is 31.2 Å². The molecule has 0 aromatic heterocycles. The summed E-state index contributed by atoms with van der Waals surface area (Å²) in [6.07, 6.45) is 2.77. The van der Waals surface area contributed by atoms with E-state index in [1.807, 2.05) is 31.5 Å². The number of amides is 1. The predicted octanol–water partition coefficient (Wildman–Crippen LogP) is 1.39. The van der Waals surface area contributed by atoms with E-state index in [1.165, 1.54) is 0 Å². The lowest BCUT2D eigenvalue weighted by molar-refractivity contribution is -0.121. The number of carbonyl (C=O) groups excluding carboxylic acids is 1. The van der Waals surface area contributed by atoms with Gasteiger partial charge in [0.2, 0.25) is 5.91 Å². The fourth-order valence-corrected chi connectivity index (χ4v) is 2.55. The first-order valence-electron chi connectivity index (χ1n) is 6.64. The van der Waals surface area contributed by atoms with Crippen molar-refractivity contribution in [2.75, 3.05) is 36.9 Å². The summed E-state index contributed by atoms with van der Waals surface area (Å²) in [5, 5.41) is 6.48. The van der Waals surface area contributed by atoms with Crippen LogP contribution in [0.3, 0.4) is 0 Å². The van der Waals surface area contributed by atoms with Gasteiger partial charge < -0.3 is 15.5 Å². The molecule has 2 aliphatic rings. The lowest BCUT2D eigenvalue weighted by atomic mass is 10.1. The summed E-state index contributed by atoms with van der Waals surface area (Å²) in [6, 6.07) is 5.91. The molecule has 1 saturated heterocycles. The second-order valence-corrected chi connectivity index (χ2v) is 4.98. The Bertz CT molecular complexity index is 520. The molecule has 0 radical (unpaired) electrons. The van der Waals surface area contributed by atoms with Crippen molar-refractivity contribution >= 4 is 29.2 Å². The fraction of sp³-hybridized carbons (Fsp3) is 0.429. The van der Waals surface area contributed by atoms with Crippen molar-refractivity contribution in [3.63, 3.8) is 0 Å². The van der Waals surface area contributed by atoms with E-state index >= 15 is 0 Å². The van der Waals surface area contributed by atoms with Crippen molar-refractivity contribution < 1.29 is 4.79 Å². The monoisotopic (exact) mass is 258 g/mol. The van der Waals surface area contributed by atoms with Crippen LogP contribution in [0.15, 0.2) is 23.2 Å². The Labute approximate surface area is 112 Å². The minimum absolute atomic E-state index is 0.0997. The number of anilines is 2. The molecule has 1 aromatic carbocycles. The highest BCUT2D eigenvalue weighted by molar-refractivity contribution is 5.96. The predicted molar refractivity (Wildman–Crippen MR) is 77.5 cm³/mol. The summed E-state index contributed by atoms with van der Waals surface area (Å²) in [5.41, 5.74) is 2.82. The largest absolute Gasteiger partial charge is 0.378 e. The third kappa shape index (κ3) is 2.33. The molecule has 1 atom stereocenters. The number of aliphatic imine (C=N–C) groups is 1. The molecule has 0 spiro atoms. The maximum absolute atomic E-state index is 12.3. The molecule has 19 heavy (non-hydrogen) atoms. The van der Waals surface area contributed by atoms with Gasteiger partial charge in [-0.1, -0.05) is 0 Å². The zero-order chi connectivity index (χ0) is 13.2. The minimum atomic E-state index is 0.0997. The van der Waals surface area contributed by atoms with Crippen LogP contribution in [0, 0.1) is 5.92 Å². The molecule has 1 amide bonds. The van der Waals surface area contributed by atoms with Gasteiger partial charge in [0.15, 0.2) is 0 Å². The van der Waals surface area contributed by atoms with E-state index in [2.05, 4.69) is 15.6 Å². The fourth-order valence-electron chi connectivity index (χ4n) is 2.55. The number of carbonyl (C=O) groups is 1. The topological polar surface area (TPSA) is 56.7 Å². The van der Waals surface area contributed by atoms with E-state index in [1.54, 1.807) is 4.90 Å². The maximum Gasteiger partial charge on any atom is 0.231 e. The summed E-state index contributed by atoms with van der Waals surface area (Å²) in [7, 11) is 1.84. The lowest BCUT2D eigenvalue weighted by Gasteiger charge is -2.22. The van der Waals surface area contributed by atoms with Crippen LogP contribution in [0.2, 0.25) is 0 Å². The van der Waals surface area contributed by atoms with Crippen LogP contribution in [0.5, 0.6) is 0 Å². The van der Waals surface area contributed by atoms with Crippen LogP contribution in [-0.2, 0) is 4.79 Å². The first-order chi connectivity index (χ1) is 9.25. The van der Waals surface area contributed by atoms with Gasteiger partial charge in [0, 0.05) is 25.5 Å². The molecule has 1 aromatic rings. The van der Waals surface area contributed by atoms with Gasteiger partial charge in [-0.2, -0.15) is 0 Å². The van der Waals surface area contributed by atoms with Crippen LogP contribution in [-0.4, -0.2) is 38.8 Å². The first-order valence-corrected chi connectivity index (χ1v) is 6.64. The average molecular weight is 258 g/mol. The zero-order valence-electron chi connectivity index (χ0n) is 11.0. The molecule has 5 nitrogen and oxygen atoms in total. The van der Waals surface area contributed by atoms with Crippen molar-refractivity contribution in [2.24, 2.45) is 10.9 Å². The molecule has 5 heteroatoms. The van der Waals surface area contributed by atoms with E-state index in [9.17, 15) is 4.79 Å². The summed E-state index contributed by atoms with van der Waals surface area (Å²) in [4.78, 5) is 18.4. The van der Waals surface area contributed by atoms with Crippen molar-refractivity contribution in [1.29, 1.82) is 0 Å². The Kier molecular flexibility index (Phi) is 3.21. The lowest BCUT2D eigenvalue weighted by Crippen LogP contribution is -2.33. The summed E-state index contributed by atoms with van der Waals surface area (Å²) < 4.78 is 0. The smallest absolute Gasteiger partial charge is 0.231 e. The quantitative estimate of drug-likeness (QED) is 0.842. The van der Waals surface area contributed by atoms with Gasteiger partial charge in [-0.15, -0.1) is 0 Å². The Morgan fingerprint density at radius 3 is 3.16 bits per heavy atom. The van der Waals surface area contributed by atoms with Crippen molar-refractivity contribution in [2.45, 2.75) is 6.42 Å². The number of hydrogen-bond donors (Lipinski definition) is 2. The highest BCUT2D eigenvalue weighted by Gasteiger charge is 2.26. The third-order valence-corrected chi connectivity index (χ3v) is 3.72. The zero-order valence-corrected chi connectivity index (χ0v) is 11.0. The SMILES string of the molecule is CN(C(=O)C1CCNC1)c1ccc2c(c1)N=CCN2. The van der Waals surface area contributed by atoms with Crippen molar-refractivity contribution in [3.8, 4) is 0 Å². The normalized spacial score (nSPS) is 20.8. The standard InChI is InChI=1S/C14H18N4O/c1-18(14(19)10-4-5-15-9-10)11-2-3-12-13(8-11)17-7-6-16-12/h2-3,7-8,10,15-16H,4-6,9H2,1H3. The molecule has 1 fully saturated rings. The van der Waals surface area contributed by atoms with Gasteiger partial charge in [0.25, 0.3) is 0 Å². The van der Waals surface area contributed by atoms with Gasteiger partial charge in [-0.25, -0.2) is 0 Å².